The van der Waals surface area contributed by atoms with Gasteiger partial charge in [0.2, 0.25) is 0 Å². The zero-order valence-electron chi connectivity index (χ0n) is 25.3. The summed E-state index contributed by atoms with van der Waals surface area (Å²) in [6.45, 7) is 12.5. The van der Waals surface area contributed by atoms with Crippen LogP contribution in [0.25, 0.3) is 21.9 Å². The third kappa shape index (κ3) is 5.06. The molecule has 3 heterocycles. The molecular weight excluding hydrogens is 501 g/mol. The first kappa shape index (κ1) is 27.6. The summed E-state index contributed by atoms with van der Waals surface area (Å²) in [7, 11) is 2.15. The van der Waals surface area contributed by atoms with Gasteiger partial charge in [0.25, 0.3) is 0 Å². The van der Waals surface area contributed by atoms with Gasteiger partial charge in [0.05, 0.1) is 0 Å². The van der Waals surface area contributed by atoms with Crippen LogP contribution in [0, 0.1) is 10.8 Å². The maximum Gasteiger partial charge on any atom is 0.144 e. The second kappa shape index (κ2) is 10.7. The third-order valence-electron chi connectivity index (χ3n) is 9.87. The lowest BCUT2D eigenvalue weighted by Crippen LogP contribution is -2.46. The molecule has 3 aromatic carbocycles. The zero-order valence-corrected chi connectivity index (χ0v) is 25.3. The van der Waals surface area contributed by atoms with Crippen LogP contribution in [0.3, 0.4) is 0 Å². The minimum atomic E-state index is -0.210. The molecule has 0 radical (unpaired) electrons. The maximum absolute atomic E-state index is 6.48. The maximum atomic E-state index is 6.48. The molecule has 210 valence electrons. The van der Waals surface area contributed by atoms with Gasteiger partial charge in [0, 0.05) is 21.9 Å². The van der Waals surface area contributed by atoms with Crippen LogP contribution in [-0.2, 0) is 0 Å². The van der Waals surface area contributed by atoms with E-state index in [1.54, 1.807) is 0 Å². The topological polar surface area (TPSA) is 40.8 Å². The van der Waals surface area contributed by atoms with E-state index in [1.807, 2.05) is 12.1 Å². The summed E-state index contributed by atoms with van der Waals surface area (Å²) in [6, 6.07) is 25.4. The Labute approximate surface area is 245 Å². The molecule has 2 atom stereocenters. The molecule has 2 unspecified atom stereocenters. The Morgan fingerprint density at radius 3 is 2.37 bits per heavy atom. The Morgan fingerprint density at radius 1 is 0.951 bits per heavy atom. The second-order valence-corrected chi connectivity index (χ2v) is 13.2. The van der Waals surface area contributed by atoms with Crippen LogP contribution >= 0.6 is 0 Å². The smallest absolute Gasteiger partial charge is 0.144 e. The summed E-state index contributed by atoms with van der Waals surface area (Å²) >= 11 is 0. The largest absolute Gasteiger partial charge is 0.456 e. The molecule has 2 aliphatic rings. The first-order valence-electron chi connectivity index (χ1n) is 15.0. The molecule has 4 aromatic rings. The van der Waals surface area contributed by atoms with Gasteiger partial charge in [-0.2, -0.15) is 0 Å². The van der Waals surface area contributed by atoms with Crippen molar-refractivity contribution in [2.45, 2.75) is 65.9 Å². The number of rotatable bonds is 6. The summed E-state index contributed by atoms with van der Waals surface area (Å²) in [5, 5.41) is 6.09. The number of hydrogen-bond acceptors (Lipinski definition) is 4. The van der Waals surface area contributed by atoms with Crippen LogP contribution in [0.4, 0.5) is 0 Å². The van der Waals surface area contributed by atoms with Crippen LogP contribution in [0.5, 0.6) is 0 Å². The van der Waals surface area contributed by atoms with Gasteiger partial charge in [-0.1, -0.05) is 132 Å². The van der Waals surface area contributed by atoms with Gasteiger partial charge >= 0.3 is 0 Å². The van der Waals surface area contributed by atoms with E-state index < -0.39 is 0 Å². The number of fused-ring (bicyclic) bond motifs is 3. The SMILES string of the molecule is C/C=C\C(=C/CB1CC(C)(C)C(C)(C)C1)C1=NC(c2cccc3c2oc2ccccc23)N(C)C(c2ccccc2)N1. The number of para-hydroxylation sites is 2. The fourth-order valence-electron chi connectivity index (χ4n) is 6.95. The van der Waals surface area contributed by atoms with E-state index in [4.69, 9.17) is 9.41 Å². The fraction of sp³-hybridized carbons (Fsp3) is 0.361. The lowest BCUT2D eigenvalue weighted by molar-refractivity contribution is 0.152. The highest BCUT2D eigenvalue weighted by Crippen LogP contribution is 2.53. The van der Waals surface area contributed by atoms with Crippen molar-refractivity contribution >= 4 is 34.5 Å². The van der Waals surface area contributed by atoms with Gasteiger partial charge in [-0.05, 0) is 36.4 Å². The Balaban J connectivity index is 1.43. The predicted octanol–water partition coefficient (Wildman–Crippen LogP) is 9.28. The van der Waals surface area contributed by atoms with Gasteiger partial charge in [-0.25, -0.2) is 4.99 Å². The molecule has 1 saturated heterocycles. The van der Waals surface area contributed by atoms with E-state index in [9.17, 15) is 0 Å². The predicted molar refractivity (Wildman–Crippen MR) is 175 cm³/mol. The normalized spacial score (nSPS) is 22.9. The Kier molecular flexibility index (Phi) is 7.19. The minimum absolute atomic E-state index is 0.0358. The number of amidine groups is 1. The Hall–Kier alpha value is -3.57. The van der Waals surface area contributed by atoms with E-state index in [-0.39, 0.29) is 12.3 Å². The summed E-state index contributed by atoms with van der Waals surface area (Å²) in [4.78, 5) is 7.72. The Morgan fingerprint density at radius 2 is 1.63 bits per heavy atom. The lowest BCUT2D eigenvalue weighted by Gasteiger charge is -2.39. The molecule has 2 aliphatic heterocycles. The molecular formula is C36H42BN3O. The molecule has 1 N–H and O–H groups in total. The van der Waals surface area contributed by atoms with Crippen LogP contribution in [-0.4, -0.2) is 24.5 Å². The van der Waals surface area contributed by atoms with Crippen LogP contribution in [0.1, 0.15) is 58.1 Å². The molecule has 4 nitrogen and oxygen atoms in total. The number of allylic oxidation sites excluding steroid dienone is 2. The highest BCUT2D eigenvalue weighted by molar-refractivity contribution is 6.60. The standard InChI is InChI=1S/C36H42BN3O/c1-7-14-25(21-22-37-23-35(2,3)36(4,5)24-37)32-38-33(26-15-9-8-10-16-26)40(6)34(39-32)29-19-13-18-28-27-17-11-12-20-30(27)41-31(28)29/h7-21,33-34H,22-24H2,1-6H3,(H,38,39)/b14-7-,25-21+. The highest BCUT2D eigenvalue weighted by atomic mass is 16.3. The molecule has 1 aromatic heterocycles. The number of nitrogens with one attached hydrogen (secondary N) is 1. The molecule has 1 fully saturated rings. The van der Waals surface area contributed by atoms with Crippen molar-refractivity contribution in [3.8, 4) is 0 Å². The summed E-state index contributed by atoms with van der Waals surface area (Å²) in [5.41, 5.74) is 5.98. The number of benzene rings is 3. The molecule has 6 rings (SSSR count). The number of nitrogens with zero attached hydrogens (tertiary/aromatic N) is 2. The van der Waals surface area contributed by atoms with Crippen LogP contribution < -0.4 is 5.32 Å². The average molecular weight is 544 g/mol. The lowest BCUT2D eigenvalue weighted by atomic mass is 9.44. The molecule has 0 aliphatic carbocycles. The van der Waals surface area contributed by atoms with Gasteiger partial charge in [0.15, 0.2) is 0 Å². The van der Waals surface area contributed by atoms with Crippen molar-refractivity contribution in [3.63, 3.8) is 0 Å². The highest BCUT2D eigenvalue weighted by Gasteiger charge is 2.47. The monoisotopic (exact) mass is 543 g/mol. The van der Waals surface area contributed by atoms with Crippen LogP contribution in [0.15, 0.2) is 106 Å². The molecule has 0 bridgehead atoms. The molecule has 41 heavy (non-hydrogen) atoms. The van der Waals surface area contributed by atoms with Gasteiger partial charge in [0.1, 0.15) is 36.0 Å². The van der Waals surface area contributed by atoms with Crippen LogP contribution in [0.2, 0.25) is 19.0 Å². The van der Waals surface area contributed by atoms with Crippen molar-refractivity contribution in [3.05, 3.63) is 108 Å². The number of aliphatic imine (C=N–C) groups is 1. The van der Waals surface area contributed by atoms with E-state index in [2.05, 4.69) is 131 Å². The molecule has 5 heteroatoms. The second-order valence-electron chi connectivity index (χ2n) is 13.2. The zero-order chi connectivity index (χ0) is 28.8. The van der Waals surface area contributed by atoms with Crippen molar-refractivity contribution < 1.29 is 4.42 Å². The van der Waals surface area contributed by atoms with Crippen molar-refractivity contribution in [2.75, 3.05) is 7.05 Å². The summed E-state index contributed by atoms with van der Waals surface area (Å²) < 4.78 is 6.48. The molecule has 0 spiro atoms. The van der Waals surface area contributed by atoms with E-state index in [1.165, 1.54) is 18.2 Å². The van der Waals surface area contributed by atoms with E-state index in [0.717, 1.165) is 45.2 Å². The number of hydrogen-bond donors (Lipinski definition) is 1. The van der Waals surface area contributed by atoms with E-state index in [0.29, 0.717) is 17.5 Å². The third-order valence-corrected chi connectivity index (χ3v) is 9.87. The Bertz CT molecular complexity index is 1630. The first-order valence-corrected chi connectivity index (χ1v) is 15.0. The fourth-order valence-corrected chi connectivity index (χ4v) is 6.95. The molecule has 0 saturated carbocycles. The molecule has 0 amide bonds. The van der Waals surface area contributed by atoms with E-state index >= 15 is 0 Å². The summed E-state index contributed by atoms with van der Waals surface area (Å²) in [5.74, 6) is 0.935. The van der Waals surface area contributed by atoms with Crippen molar-refractivity contribution in [1.29, 1.82) is 0 Å². The van der Waals surface area contributed by atoms with Gasteiger partial charge < -0.3 is 9.73 Å². The average Bonchev–Trinajstić information content (AvgIpc) is 3.44. The van der Waals surface area contributed by atoms with Gasteiger partial charge in [-0.3, -0.25) is 4.90 Å². The van der Waals surface area contributed by atoms with Crippen molar-refractivity contribution in [2.24, 2.45) is 15.8 Å². The quantitative estimate of drug-likeness (QED) is 0.195. The summed E-state index contributed by atoms with van der Waals surface area (Å²) in [6.07, 6.45) is 10.1. The van der Waals surface area contributed by atoms with Gasteiger partial charge in [-0.15, -0.1) is 0 Å². The minimum Gasteiger partial charge on any atom is -0.456 e. The first-order chi connectivity index (χ1) is 19.7. The number of furan rings is 1. The van der Waals surface area contributed by atoms with Crippen molar-refractivity contribution in [1.82, 2.24) is 10.2 Å².